The Balaban J connectivity index is 2.33. The Morgan fingerprint density at radius 1 is 1.24 bits per heavy atom. The molecule has 0 aliphatic rings. The molecule has 0 atom stereocenters. The Morgan fingerprint density at radius 2 is 1.90 bits per heavy atom. The zero-order valence-corrected chi connectivity index (χ0v) is 14.5. The molecule has 0 radical (unpaired) electrons. The topological polar surface area (TPSA) is 89.3 Å². The predicted molar refractivity (Wildman–Crippen MR) is 87.3 cm³/mol. The zero-order chi connectivity index (χ0) is 15.8. The van der Waals surface area contributed by atoms with Crippen molar-refractivity contribution in [1.82, 2.24) is 0 Å². The number of hydrogen-bond donors (Lipinski definition) is 2. The van der Waals surface area contributed by atoms with E-state index >= 15 is 0 Å². The van der Waals surface area contributed by atoms with Crippen LogP contribution in [0.2, 0.25) is 0 Å². The SMILES string of the molecule is Cc1ccc(S(N)(=O)=O)cc1NC(=O)c1cc(C)c(Br)s1. The van der Waals surface area contributed by atoms with Crippen molar-refractivity contribution in [2.45, 2.75) is 18.7 Å². The van der Waals surface area contributed by atoms with Crippen LogP contribution in [0, 0.1) is 13.8 Å². The zero-order valence-electron chi connectivity index (χ0n) is 11.3. The van der Waals surface area contributed by atoms with Gasteiger partial charge in [-0.15, -0.1) is 11.3 Å². The number of nitrogens with one attached hydrogen (secondary N) is 1. The lowest BCUT2D eigenvalue weighted by molar-refractivity contribution is 0.103. The first kappa shape index (κ1) is 16.2. The van der Waals surface area contributed by atoms with E-state index in [0.717, 1.165) is 14.9 Å². The van der Waals surface area contributed by atoms with Crippen LogP contribution in [0.1, 0.15) is 20.8 Å². The highest BCUT2D eigenvalue weighted by molar-refractivity contribution is 9.11. The first-order valence-electron chi connectivity index (χ1n) is 5.89. The third kappa shape index (κ3) is 3.70. The second-order valence-corrected chi connectivity index (χ2v) is 8.47. The number of benzene rings is 1. The number of aryl methyl sites for hydroxylation is 2. The van der Waals surface area contributed by atoms with Crippen molar-refractivity contribution in [3.8, 4) is 0 Å². The minimum atomic E-state index is -3.80. The van der Waals surface area contributed by atoms with E-state index in [1.807, 2.05) is 6.92 Å². The third-order valence-electron chi connectivity index (χ3n) is 2.87. The maximum Gasteiger partial charge on any atom is 0.265 e. The number of amides is 1. The molecular weight excluding hydrogens is 376 g/mol. The number of nitrogens with two attached hydrogens (primary N) is 1. The van der Waals surface area contributed by atoms with Gasteiger partial charge in [-0.25, -0.2) is 13.6 Å². The van der Waals surface area contributed by atoms with Gasteiger partial charge in [-0.1, -0.05) is 6.07 Å². The molecule has 0 spiro atoms. The van der Waals surface area contributed by atoms with Gasteiger partial charge in [-0.2, -0.15) is 0 Å². The molecule has 1 amide bonds. The first-order chi connectivity index (χ1) is 9.68. The van der Waals surface area contributed by atoms with Gasteiger partial charge in [-0.3, -0.25) is 4.79 Å². The van der Waals surface area contributed by atoms with E-state index in [1.54, 1.807) is 19.1 Å². The van der Waals surface area contributed by atoms with E-state index in [1.165, 1.54) is 23.5 Å². The molecule has 0 saturated carbocycles. The summed E-state index contributed by atoms with van der Waals surface area (Å²) in [7, 11) is -3.80. The summed E-state index contributed by atoms with van der Waals surface area (Å²) in [5.41, 5.74) is 2.15. The molecule has 0 aliphatic carbocycles. The Morgan fingerprint density at radius 3 is 2.43 bits per heavy atom. The monoisotopic (exact) mass is 388 g/mol. The van der Waals surface area contributed by atoms with E-state index in [2.05, 4.69) is 21.2 Å². The van der Waals surface area contributed by atoms with Crippen molar-refractivity contribution < 1.29 is 13.2 Å². The summed E-state index contributed by atoms with van der Waals surface area (Å²) in [5.74, 6) is -0.288. The number of sulfonamides is 1. The second kappa shape index (κ2) is 5.88. The fourth-order valence-electron chi connectivity index (χ4n) is 1.67. The van der Waals surface area contributed by atoms with Gasteiger partial charge in [0.15, 0.2) is 0 Å². The molecule has 0 fully saturated rings. The van der Waals surface area contributed by atoms with Crippen LogP contribution in [-0.2, 0) is 10.0 Å². The van der Waals surface area contributed by atoms with Gasteiger partial charge < -0.3 is 5.32 Å². The van der Waals surface area contributed by atoms with Crippen LogP contribution in [0.3, 0.4) is 0 Å². The van der Waals surface area contributed by atoms with E-state index in [9.17, 15) is 13.2 Å². The molecule has 21 heavy (non-hydrogen) atoms. The third-order valence-corrected chi connectivity index (χ3v) is 5.91. The first-order valence-corrected chi connectivity index (χ1v) is 9.05. The predicted octanol–water partition coefficient (Wildman–Crippen LogP) is 3.03. The van der Waals surface area contributed by atoms with Crippen molar-refractivity contribution in [2.75, 3.05) is 5.32 Å². The molecule has 3 N–H and O–H groups in total. The Bertz CT molecular complexity index is 793. The summed E-state index contributed by atoms with van der Waals surface area (Å²) in [6, 6.07) is 6.14. The van der Waals surface area contributed by atoms with Gasteiger partial charge in [0.05, 0.1) is 13.6 Å². The van der Waals surface area contributed by atoms with Gasteiger partial charge >= 0.3 is 0 Å². The van der Waals surface area contributed by atoms with E-state index in [4.69, 9.17) is 5.14 Å². The molecular formula is C13H13BrN2O3S2. The smallest absolute Gasteiger partial charge is 0.265 e. The Labute approximate surface area is 135 Å². The van der Waals surface area contributed by atoms with E-state index in [0.29, 0.717) is 10.6 Å². The summed E-state index contributed by atoms with van der Waals surface area (Å²) in [4.78, 5) is 12.7. The lowest BCUT2D eigenvalue weighted by Gasteiger charge is -2.09. The van der Waals surface area contributed by atoms with Crippen molar-refractivity contribution >= 4 is 48.9 Å². The molecule has 1 heterocycles. The molecule has 5 nitrogen and oxygen atoms in total. The number of halogens is 1. The minimum Gasteiger partial charge on any atom is -0.321 e. The molecule has 0 bridgehead atoms. The van der Waals surface area contributed by atoms with Crippen LogP contribution in [0.15, 0.2) is 32.9 Å². The van der Waals surface area contributed by atoms with Gasteiger partial charge in [0.1, 0.15) is 0 Å². The van der Waals surface area contributed by atoms with Crippen LogP contribution in [0.4, 0.5) is 5.69 Å². The number of carbonyl (C=O) groups excluding carboxylic acids is 1. The van der Waals surface area contributed by atoms with Crippen LogP contribution in [-0.4, -0.2) is 14.3 Å². The molecule has 112 valence electrons. The van der Waals surface area contributed by atoms with Crippen molar-refractivity contribution in [2.24, 2.45) is 5.14 Å². The summed E-state index contributed by atoms with van der Waals surface area (Å²) in [6.07, 6.45) is 0. The number of rotatable bonds is 3. The molecule has 8 heteroatoms. The summed E-state index contributed by atoms with van der Waals surface area (Å²) < 4.78 is 23.6. The summed E-state index contributed by atoms with van der Waals surface area (Å²) in [6.45, 7) is 3.67. The fraction of sp³-hybridized carbons (Fsp3) is 0.154. The molecule has 2 aromatic rings. The normalized spacial score (nSPS) is 11.4. The fourth-order valence-corrected chi connectivity index (χ4v) is 3.64. The molecule has 0 unspecified atom stereocenters. The molecule has 1 aromatic carbocycles. The lowest BCUT2D eigenvalue weighted by atomic mass is 10.2. The quantitative estimate of drug-likeness (QED) is 0.846. The summed E-state index contributed by atoms with van der Waals surface area (Å²) >= 11 is 4.68. The van der Waals surface area contributed by atoms with Gasteiger partial charge in [0.2, 0.25) is 10.0 Å². The highest BCUT2D eigenvalue weighted by Crippen LogP contribution is 2.28. The van der Waals surface area contributed by atoms with Crippen LogP contribution < -0.4 is 10.5 Å². The Kier molecular flexibility index (Phi) is 4.52. The van der Waals surface area contributed by atoms with E-state index < -0.39 is 10.0 Å². The lowest BCUT2D eigenvalue weighted by Crippen LogP contribution is -2.15. The van der Waals surface area contributed by atoms with Gasteiger partial charge in [-0.05, 0) is 59.1 Å². The second-order valence-electron chi connectivity index (χ2n) is 4.54. The van der Waals surface area contributed by atoms with Crippen molar-refractivity contribution in [1.29, 1.82) is 0 Å². The standard InChI is InChI=1S/C13H13BrN2O3S2/c1-7-3-4-9(21(15,18)19)6-10(7)16-13(17)11-5-8(2)12(14)20-11/h3-6H,1-2H3,(H,16,17)(H2,15,18,19). The number of hydrogen-bond acceptors (Lipinski definition) is 4. The van der Waals surface area contributed by atoms with E-state index in [-0.39, 0.29) is 10.8 Å². The van der Waals surface area contributed by atoms with Crippen LogP contribution in [0.5, 0.6) is 0 Å². The molecule has 0 aliphatic heterocycles. The highest BCUT2D eigenvalue weighted by Gasteiger charge is 2.15. The van der Waals surface area contributed by atoms with Gasteiger partial charge in [0.25, 0.3) is 5.91 Å². The number of anilines is 1. The average Bonchev–Trinajstić information content (AvgIpc) is 2.71. The average molecular weight is 389 g/mol. The van der Waals surface area contributed by atoms with Crippen molar-refractivity contribution in [3.63, 3.8) is 0 Å². The molecule has 0 saturated heterocycles. The number of thiophene rings is 1. The van der Waals surface area contributed by atoms with Crippen molar-refractivity contribution in [3.05, 3.63) is 44.1 Å². The molecule has 2 rings (SSSR count). The minimum absolute atomic E-state index is 0.0352. The summed E-state index contributed by atoms with van der Waals surface area (Å²) in [5, 5.41) is 7.81. The maximum absolute atomic E-state index is 12.2. The highest BCUT2D eigenvalue weighted by atomic mass is 79.9. The number of primary sulfonamides is 1. The van der Waals surface area contributed by atoms with Crippen LogP contribution >= 0.6 is 27.3 Å². The van der Waals surface area contributed by atoms with Gasteiger partial charge in [0, 0.05) is 5.69 Å². The van der Waals surface area contributed by atoms with Crippen LogP contribution in [0.25, 0.3) is 0 Å². The maximum atomic E-state index is 12.2. The number of carbonyl (C=O) groups is 1. The largest absolute Gasteiger partial charge is 0.321 e. The Hall–Kier alpha value is -1.22. The molecule has 1 aromatic heterocycles.